The maximum absolute atomic E-state index is 12.9. The van der Waals surface area contributed by atoms with Gasteiger partial charge in [-0.1, -0.05) is 17.7 Å². The number of hydrogen-bond acceptors (Lipinski definition) is 6. The van der Waals surface area contributed by atoms with Crippen LogP contribution < -0.4 is 10.1 Å². The molecule has 1 aliphatic heterocycles. The molecule has 1 saturated heterocycles. The first kappa shape index (κ1) is 22.9. The van der Waals surface area contributed by atoms with Gasteiger partial charge >= 0.3 is 0 Å². The van der Waals surface area contributed by atoms with E-state index in [4.69, 9.17) is 4.74 Å². The van der Waals surface area contributed by atoms with Crippen molar-refractivity contribution >= 4 is 21.7 Å². The van der Waals surface area contributed by atoms with Crippen molar-refractivity contribution in [3.8, 4) is 5.75 Å². The lowest BCUT2D eigenvalue weighted by atomic mass is 9.97. The van der Waals surface area contributed by atoms with E-state index in [1.54, 1.807) is 55.0 Å². The predicted molar refractivity (Wildman–Crippen MR) is 124 cm³/mol. The molecule has 0 atom stereocenters. The van der Waals surface area contributed by atoms with Crippen LogP contribution in [0.3, 0.4) is 0 Å². The van der Waals surface area contributed by atoms with Gasteiger partial charge in [-0.25, -0.2) is 13.4 Å². The normalized spacial score (nSPS) is 15.2. The molecule has 1 amide bonds. The fourth-order valence-corrected chi connectivity index (χ4v) is 5.15. The molecule has 3 heterocycles. The van der Waals surface area contributed by atoms with Crippen molar-refractivity contribution in [3.05, 3.63) is 78.2 Å². The number of aryl methyl sites for hydroxylation is 1. The highest BCUT2D eigenvalue weighted by atomic mass is 32.2. The van der Waals surface area contributed by atoms with Gasteiger partial charge in [-0.2, -0.15) is 4.31 Å². The van der Waals surface area contributed by atoms with Crippen molar-refractivity contribution in [2.24, 2.45) is 5.92 Å². The van der Waals surface area contributed by atoms with Gasteiger partial charge in [0.15, 0.2) is 11.6 Å². The number of anilines is 1. The molecule has 1 N–H and O–H groups in total. The van der Waals surface area contributed by atoms with Gasteiger partial charge in [-0.05, 0) is 61.7 Å². The Morgan fingerprint density at radius 1 is 1.06 bits per heavy atom. The number of piperidine rings is 1. The Morgan fingerprint density at radius 2 is 1.76 bits per heavy atom. The topological polar surface area (TPSA) is 101 Å². The second kappa shape index (κ2) is 10.1. The Kier molecular flexibility index (Phi) is 7.00. The van der Waals surface area contributed by atoms with Crippen molar-refractivity contribution in [3.63, 3.8) is 0 Å². The molecule has 2 aromatic heterocycles. The number of aromatic nitrogens is 2. The molecule has 1 aliphatic rings. The maximum Gasteiger partial charge on any atom is 0.243 e. The maximum atomic E-state index is 12.9. The number of benzene rings is 1. The number of pyridine rings is 2. The summed E-state index contributed by atoms with van der Waals surface area (Å²) < 4.78 is 33.1. The number of carbonyl (C=O) groups excluding carboxylic acids is 1. The fourth-order valence-electron chi connectivity index (χ4n) is 3.68. The molecule has 1 aromatic carbocycles. The largest absolute Gasteiger partial charge is 0.485 e. The zero-order valence-corrected chi connectivity index (χ0v) is 19.2. The molecule has 0 saturated carbocycles. The standard InChI is InChI=1S/C24H26N4O4S/c1-18-4-6-21(7-5-18)33(30,31)28-15-10-20(11-16-28)24(29)27-23-22(3-2-12-26-23)32-17-19-8-13-25-14-9-19/h2-9,12-14,20H,10-11,15-17H2,1H3,(H,26,27,29). The summed E-state index contributed by atoms with van der Waals surface area (Å²) in [5.74, 6) is 0.340. The number of ether oxygens (including phenoxy) is 1. The van der Waals surface area contributed by atoms with E-state index in [9.17, 15) is 13.2 Å². The highest BCUT2D eigenvalue weighted by molar-refractivity contribution is 7.89. The SMILES string of the molecule is Cc1ccc(S(=O)(=O)N2CCC(C(=O)Nc3ncccc3OCc3ccncc3)CC2)cc1. The lowest BCUT2D eigenvalue weighted by Crippen LogP contribution is -2.41. The molecule has 172 valence electrons. The van der Waals surface area contributed by atoms with Crippen molar-refractivity contribution in [1.82, 2.24) is 14.3 Å². The molecule has 0 radical (unpaired) electrons. The molecule has 0 bridgehead atoms. The van der Waals surface area contributed by atoms with Crippen LogP contribution in [-0.4, -0.2) is 41.7 Å². The van der Waals surface area contributed by atoms with Gasteiger partial charge < -0.3 is 10.1 Å². The summed E-state index contributed by atoms with van der Waals surface area (Å²) in [4.78, 5) is 21.4. The van der Waals surface area contributed by atoms with E-state index in [1.807, 2.05) is 19.1 Å². The fraction of sp³-hybridized carbons (Fsp3) is 0.292. The lowest BCUT2D eigenvalue weighted by molar-refractivity contribution is -0.120. The summed E-state index contributed by atoms with van der Waals surface area (Å²) in [7, 11) is -3.56. The van der Waals surface area contributed by atoms with E-state index in [0.717, 1.165) is 11.1 Å². The summed E-state index contributed by atoms with van der Waals surface area (Å²) >= 11 is 0. The first-order chi connectivity index (χ1) is 15.9. The minimum Gasteiger partial charge on any atom is -0.485 e. The minimum atomic E-state index is -3.56. The summed E-state index contributed by atoms with van der Waals surface area (Å²) in [5.41, 5.74) is 1.95. The Morgan fingerprint density at radius 3 is 2.45 bits per heavy atom. The highest BCUT2D eigenvalue weighted by Gasteiger charge is 2.32. The molecule has 8 nitrogen and oxygen atoms in total. The van der Waals surface area contributed by atoms with E-state index >= 15 is 0 Å². The minimum absolute atomic E-state index is 0.185. The highest BCUT2D eigenvalue weighted by Crippen LogP contribution is 2.27. The van der Waals surface area contributed by atoms with E-state index in [0.29, 0.717) is 44.1 Å². The molecule has 0 spiro atoms. The lowest BCUT2D eigenvalue weighted by Gasteiger charge is -2.30. The third-order valence-corrected chi connectivity index (χ3v) is 7.55. The molecule has 9 heteroatoms. The number of amides is 1. The van der Waals surface area contributed by atoms with Gasteiger partial charge in [0.25, 0.3) is 0 Å². The third-order valence-electron chi connectivity index (χ3n) is 5.64. The summed E-state index contributed by atoms with van der Waals surface area (Å²) in [6.07, 6.45) is 5.85. The van der Waals surface area contributed by atoms with Crippen molar-refractivity contribution in [2.75, 3.05) is 18.4 Å². The van der Waals surface area contributed by atoms with Crippen molar-refractivity contribution in [1.29, 1.82) is 0 Å². The van der Waals surface area contributed by atoms with Crippen LogP contribution in [0.15, 0.2) is 72.0 Å². The number of rotatable bonds is 7. The first-order valence-corrected chi connectivity index (χ1v) is 12.2. The predicted octanol–water partition coefficient (Wildman–Crippen LogP) is 3.40. The van der Waals surface area contributed by atoms with Crippen LogP contribution in [-0.2, 0) is 21.4 Å². The Hall–Kier alpha value is -3.30. The number of nitrogens with zero attached hydrogens (tertiary/aromatic N) is 3. The van der Waals surface area contributed by atoms with Crippen LogP contribution in [0.5, 0.6) is 5.75 Å². The Bertz CT molecular complexity index is 1190. The first-order valence-electron chi connectivity index (χ1n) is 10.8. The molecule has 33 heavy (non-hydrogen) atoms. The molecule has 0 aliphatic carbocycles. The molecule has 0 unspecified atom stereocenters. The Balaban J connectivity index is 1.35. The number of hydrogen-bond donors (Lipinski definition) is 1. The zero-order valence-electron chi connectivity index (χ0n) is 18.3. The monoisotopic (exact) mass is 466 g/mol. The number of carbonyl (C=O) groups is 1. The molecular formula is C24H26N4O4S. The average Bonchev–Trinajstić information content (AvgIpc) is 2.84. The summed E-state index contributed by atoms with van der Waals surface area (Å²) in [6, 6.07) is 14.0. The summed E-state index contributed by atoms with van der Waals surface area (Å²) in [6.45, 7) is 2.83. The quantitative estimate of drug-likeness (QED) is 0.573. The summed E-state index contributed by atoms with van der Waals surface area (Å²) in [5, 5.41) is 2.85. The molecule has 1 fully saturated rings. The smallest absolute Gasteiger partial charge is 0.243 e. The second-order valence-electron chi connectivity index (χ2n) is 7.97. The van der Waals surface area contributed by atoms with E-state index in [2.05, 4.69) is 15.3 Å². The van der Waals surface area contributed by atoms with Gasteiger partial charge in [0, 0.05) is 37.6 Å². The van der Waals surface area contributed by atoms with Gasteiger partial charge in [-0.15, -0.1) is 0 Å². The van der Waals surface area contributed by atoms with Gasteiger partial charge in [0.1, 0.15) is 6.61 Å². The Labute approximate surface area is 193 Å². The van der Waals surface area contributed by atoms with Gasteiger partial charge in [-0.3, -0.25) is 9.78 Å². The van der Waals surface area contributed by atoms with Crippen LogP contribution in [0.4, 0.5) is 5.82 Å². The number of nitrogens with one attached hydrogen (secondary N) is 1. The second-order valence-corrected chi connectivity index (χ2v) is 9.91. The van der Waals surface area contributed by atoms with Gasteiger partial charge in [0.05, 0.1) is 4.90 Å². The van der Waals surface area contributed by atoms with Crippen LogP contribution >= 0.6 is 0 Å². The third kappa shape index (κ3) is 5.55. The van der Waals surface area contributed by atoms with E-state index in [-0.39, 0.29) is 16.7 Å². The van der Waals surface area contributed by atoms with Gasteiger partial charge in [0.2, 0.25) is 15.9 Å². The van der Waals surface area contributed by atoms with E-state index < -0.39 is 10.0 Å². The van der Waals surface area contributed by atoms with Crippen LogP contribution in [0.1, 0.15) is 24.0 Å². The average molecular weight is 467 g/mol. The molecular weight excluding hydrogens is 440 g/mol. The molecule has 4 rings (SSSR count). The molecule has 3 aromatic rings. The van der Waals surface area contributed by atoms with Crippen LogP contribution in [0, 0.1) is 12.8 Å². The van der Waals surface area contributed by atoms with Crippen LogP contribution in [0.25, 0.3) is 0 Å². The van der Waals surface area contributed by atoms with E-state index in [1.165, 1.54) is 4.31 Å². The zero-order chi connectivity index (χ0) is 23.3. The van der Waals surface area contributed by atoms with Crippen molar-refractivity contribution in [2.45, 2.75) is 31.3 Å². The van der Waals surface area contributed by atoms with Crippen LogP contribution in [0.2, 0.25) is 0 Å². The number of sulfonamides is 1. The van der Waals surface area contributed by atoms with Crippen molar-refractivity contribution < 1.29 is 17.9 Å².